The summed E-state index contributed by atoms with van der Waals surface area (Å²) in [7, 11) is 0. The number of halogens is 4. The van der Waals surface area contributed by atoms with Crippen LogP contribution in [0.3, 0.4) is 0 Å². The molecule has 1 saturated heterocycles. The van der Waals surface area contributed by atoms with Crippen LogP contribution in [0.5, 0.6) is 0 Å². The Morgan fingerprint density at radius 1 is 1.03 bits per heavy atom. The van der Waals surface area contributed by atoms with Crippen LogP contribution in [0.4, 0.5) is 23.2 Å². The summed E-state index contributed by atoms with van der Waals surface area (Å²) in [4.78, 5) is 14.7. The van der Waals surface area contributed by atoms with Crippen LogP contribution in [0.15, 0.2) is 66.7 Å². The number of piperidine rings is 1. The van der Waals surface area contributed by atoms with Crippen molar-refractivity contribution in [1.82, 2.24) is 4.90 Å². The molecule has 1 aliphatic heterocycles. The summed E-state index contributed by atoms with van der Waals surface area (Å²) in [6, 6.07) is 17.3. The second kappa shape index (κ2) is 11.7. The third kappa shape index (κ3) is 6.79. The van der Waals surface area contributed by atoms with Crippen molar-refractivity contribution in [1.29, 1.82) is 0 Å². The van der Waals surface area contributed by atoms with Crippen molar-refractivity contribution in [3.8, 4) is 0 Å². The van der Waals surface area contributed by atoms with Gasteiger partial charge in [-0.05, 0) is 79.8 Å². The second-order valence-electron chi connectivity index (χ2n) is 9.95. The topological polar surface area (TPSA) is 52.6 Å². The average molecular weight is 529 g/mol. The van der Waals surface area contributed by atoms with E-state index in [1.54, 1.807) is 6.07 Å². The van der Waals surface area contributed by atoms with E-state index in [4.69, 9.17) is 0 Å². The van der Waals surface area contributed by atoms with Crippen molar-refractivity contribution in [3.63, 3.8) is 0 Å². The van der Waals surface area contributed by atoms with Gasteiger partial charge in [-0.25, -0.2) is 4.39 Å². The minimum atomic E-state index is -4.46. The lowest BCUT2D eigenvalue weighted by atomic mass is 9.83. The highest BCUT2D eigenvalue weighted by molar-refractivity contribution is 5.96. The Bertz CT molecular complexity index is 1270. The lowest BCUT2D eigenvalue weighted by Crippen LogP contribution is -2.43. The van der Waals surface area contributed by atoms with E-state index in [-0.39, 0.29) is 23.3 Å². The maximum Gasteiger partial charge on any atom is 0.416 e. The summed E-state index contributed by atoms with van der Waals surface area (Å²) in [5.74, 6) is -0.834. The van der Waals surface area contributed by atoms with Gasteiger partial charge in [0, 0.05) is 31.7 Å². The van der Waals surface area contributed by atoms with E-state index < -0.39 is 23.2 Å². The highest BCUT2D eigenvalue weighted by Crippen LogP contribution is 2.36. The molecule has 4 nitrogen and oxygen atoms in total. The highest BCUT2D eigenvalue weighted by atomic mass is 19.4. The predicted octanol–water partition coefficient (Wildman–Crippen LogP) is 6.71. The van der Waals surface area contributed by atoms with Gasteiger partial charge in [0.1, 0.15) is 5.82 Å². The molecule has 1 heterocycles. The van der Waals surface area contributed by atoms with Crippen LogP contribution in [-0.2, 0) is 18.3 Å². The molecule has 2 N–H and O–H groups in total. The molecule has 0 saturated carbocycles. The number of anilines is 1. The summed E-state index contributed by atoms with van der Waals surface area (Å²) in [6.07, 6.45) is -3.16. The van der Waals surface area contributed by atoms with Crippen molar-refractivity contribution in [3.05, 3.63) is 100 Å². The van der Waals surface area contributed by atoms with Crippen molar-refractivity contribution < 1.29 is 27.5 Å². The molecule has 0 spiro atoms. The number of benzene rings is 3. The van der Waals surface area contributed by atoms with E-state index in [1.165, 1.54) is 24.3 Å². The van der Waals surface area contributed by atoms with E-state index in [9.17, 15) is 27.5 Å². The SMILES string of the molecule is Cc1ccccc1CNc1ccc(C(=O)CCCN2CCC(O)(c3cccc(C(F)(F)F)c3)CC2)c(F)c1. The molecule has 0 aliphatic carbocycles. The summed E-state index contributed by atoms with van der Waals surface area (Å²) in [5.41, 5.74) is 1.10. The molecule has 3 aromatic carbocycles. The Kier molecular flexibility index (Phi) is 8.53. The standard InChI is InChI=1S/C30H32F4N2O2/c1-21-6-2-3-7-22(21)20-35-25-11-12-26(27(31)19-25)28(37)10-5-15-36-16-13-29(38,14-17-36)23-8-4-9-24(18-23)30(32,33)34/h2-4,6-9,11-12,18-19,35,38H,5,10,13-17,20H2,1H3. The number of hydrogen-bond donors (Lipinski definition) is 2. The molecule has 202 valence electrons. The summed E-state index contributed by atoms with van der Waals surface area (Å²) in [6.45, 7) is 4.15. The largest absolute Gasteiger partial charge is 0.416 e. The molecule has 0 radical (unpaired) electrons. The van der Waals surface area contributed by atoms with Crippen LogP contribution in [0.1, 0.15) is 58.3 Å². The summed E-state index contributed by atoms with van der Waals surface area (Å²) in [5, 5.41) is 14.2. The van der Waals surface area contributed by atoms with E-state index >= 15 is 0 Å². The van der Waals surface area contributed by atoms with E-state index in [0.717, 1.165) is 23.3 Å². The predicted molar refractivity (Wildman–Crippen MR) is 139 cm³/mol. The van der Waals surface area contributed by atoms with Gasteiger partial charge < -0.3 is 15.3 Å². The van der Waals surface area contributed by atoms with Gasteiger partial charge in [0.2, 0.25) is 0 Å². The highest BCUT2D eigenvalue weighted by Gasteiger charge is 2.37. The van der Waals surface area contributed by atoms with Crippen LogP contribution in [-0.4, -0.2) is 35.4 Å². The van der Waals surface area contributed by atoms with Crippen molar-refractivity contribution in [2.45, 2.75) is 50.9 Å². The maximum absolute atomic E-state index is 14.7. The number of rotatable bonds is 9. The first-order chi connectivity index (χ1) is 18.0. The zero-order valence-corrected chi connectivity index (χ0v) is 21.3. The molecular formula is C30H32F4N2O2. The number of ketones is 1. The Hall–Kier alpha value is -3.23. The summed E-state index contributed by atoms with van der Waals surface area (Å²) < 4.78 is 53.9. The minimum absolute atomic E-state index is 0.0593. The van der Waals surface area contributed by atoms with Crippen molar-refractivity contribution in [2.24, 2.45) is 0 Å². The summed E-state index contributed by atoms with van der Waals surface area (Å²) >= 11 is 0. The number of nitrogens with one attached hydrogen (secondary N) is 1. The Morgan fingerprint density at radius 2 is 1.76 bits per heavy atom. The van der Waals surface area contributed by atoms with Gasteiger partial charge in [-0.15, -0.1) is 0 Å². The van der Waals surface area contributed by atoms with Crippen LogP contribution in [0, 0.1) is 12.7 Å². The van der Waals surface area contributed by atoms with Crippen LogP contribution >= 0.6 is 0 Å². The molecular weight excluding hydrogens is 496 g/mol. The van der Waals surface area contributed by atoms with Gasteiger partial charge >= 0.3 is 6.18 Å². The molecule has 3 aromatic rings. The first-order valence-electron chi connectivity index (χ1n) is 12.8. The van der Waals surface area contributed by atoms with Gasteiger partial charge in [0.05, 0.1) is 16.7 Å². The lowest BCUT2D eigenvalue weighted by Gasteiger charge is -2.38. The van der Waals surface area contributed by atoms with Gasteiger partial charge in [-0.2, -0.15) is 13.2 Å². The maximum atomic E-state index is 14.7. The smallest absolute Gasteiger partial charge is 0.385 e. The van der Waals surface area contributed by atoms with Crippen molar-refractivity contribution in [2.75, 3.05) is 25.0 Å². The minimum Gasteiger partial charge on any atom is -0.385 e. The number of carbonyl (C=O) groups excluding carboxylic acids is 1. The molecule has 0 aromatic heterocycles. The number of likely N-dealkylation sites (tertiary alicyclic amines) is 1. The number of carbonyl (C=O) groups is 1. The number of alkyl halides is 3. The van der Waals surface area contributed by atoms with Gasteiger partial charge in [-0.3, -0.25) is 4.79 Å². The number of aryl methyl sites for hydroxylation is 1. The molecule has 4 rings (SSSR count). The fourth-order valence-corrected chi connectivity index (χ4v) is 4.88. The normalized spacial score (nSPS) is 15.8. The number of Topliss-reactive ketones (excluding diaryl/α,β-unsaturated/α-hetero) is 1. The zero-order chi connectivity index (χ0) is 27.3. The molecule has 8 heteroatoms. The molecule has 0 atom stereocenters. The van der Waals surface area contributed by atoms with Crippen LogP contribution < -0.4 is 5.32 Å². The van der Waals surface area contributed by atoms with Crippen LogP contribution in [0.2, 0.25) is 0 Å². The molecule has 1 aliphatic rings. The number of nitrogens with zero attached hydrogens (tertiary/aromatic N) is 1. The first-order valence-corrected chi connectivity index (χ1v) is 12.8. The van der Waals surface area contributed by atoms with Crippen LogP contribution in [0.25, 0.3) is 0 Å². The fraction of sp³-hybridized carbons (Fsp3) is 0.367. The third-order valence-corrected chi connectivity index (χ3v) is 7.30. The molecule has 1 fully saturated rings. The van der Waals surface area contributed by atoms with Crippen molar-refractivity contribution >= 4 is 11.5 Å². The number of aliphatic hydroxyl groups is 1. The van der Waals surface area contributed by atoms with Gasteiger partial charge in [0.25, 0.3) is 0 Å². The van der Waals surface area contributed by atoms with Gasteiger partial charge in [-0.1, -0.05) is 36.4 Å². The van der Waals surface area contributed by atoms with E-state index in [2.05, 4.69) is 10.2 Å². The molecule has 0 amide bonds. The van der Waals surface area contributed by atoms with E-state index in [0.29, 0.717) is 51.1 Å². The van der Waals surface area contributed by atoms with E-state index in [1.807, 2.05) is 31.2 Å². The Labute approximate surface area is 220 Å². The average Bonchev–Trinajstić information content (AvgIpc) is 2.89. The van der Waals surface area contributed by atoms with Gasteiger partial charge in [0.15, 0.2) is 5.78 Å². The first kappa shape index (κ1) is 27.8. The monoisotopic (exact) mass is 528 g/mol. The zero-order valence-electron chi connectivity index (χ0n) is 21.3. The quantitative estimate of drug-likeness (QED) is 0.239. The Balaban J connectivity index is 1.24. The fourth-order valence-electron chi connectivity index (χ4n) is 4.88. The third-order valence-electron chi connectivity index (χ3n) is 7.30. The second-order valence-corrected chi connectivity index (χ2v) is 9.95. The molecule has 0 bridgehead atoms. The number of hydrogen-bond acceptors (Lipinski definition) is 4. The lowest BCUT2D eigenvalue weighted by molar-refractivity contribution is -0.137. The Morgan fingerprint density at radius 3 is 2.45 bits per heavy atom. The molecule has 38 heavy (non-hydrogen) atoms. The molecule has 0 unspecified atom stereocenters.